The van der Waals surface area contributed by atoms with Gasteiger partial charge in [-0.05, 0) is 56.1 Å². The maximum absolute atomic E-state index is 12.3. The van der Waals surface area contributed by atoms with E-state index in [-0.39, 0.29) is 29.0 Å². The molecule has 2 saturated carbocycles. The summed E-state index contributed by atoms with van der Waals surface area (Å²) in [5, 5.41) is 14.3. The predicted octanol–water partition coefficient (Wildman–Crippen LogP) is 2.73. The number of nitro benzene ring substituents is 1. The number of nitrogens with one attached hydrogen (secondary N) is 1. The monoisotopic (exact) mass is 377 g/mol. The second kappa shape index (κ2) is 7.65. The molecule has 3 rings (SSSR count). The summed E-state index contributed by atoms with van der Waals surface area (Å²) < 4.78 is 0. The largest absolute Gasteiger partial charge is 0.366 e. The van der Waals surface area contributed by atoms with Gasteiger partial charge in [0.15, 0.2) is 0 Å². The van der Waals surface area contributed by atoms with E-state index in [0.717, 1.165) is 29.7 Å². The average molecular weight is 377 g/mol. The topological polar surface area (TPSA) is 115 Å². The molecule has 26 heavy (non-hydrogen) atoms. The summed E-state index contributed by atoms with van der Waals surface area (Å²) in [4.78, 5) is 34.4. The highest BCUT2D eigenvalue weighted by Crippen LogP contribution is 2.49. The third-order valence-electron chi connectivity index (χ3n) is 5.62. The minimum Gasteiger partial charge on any atom is -0.366 e. The smallest absolute Gasteiger partial charge is 0.283 e. The van der Waals surface area contributed by atoms with Gasteiger partial charge in [0.1, 0.15) is 0 Å². The van der Waals surface area contributed by atoms with Gasteiger partial charge in [-0.25, -0.2) is 0 Å². The van der Waals surface area contributed by atoms with Crippen molar-refractivity contribution in [3.63, 3.8) is 0 Å². The Balaban J connectivity index is 1.57. The minimum atomic E-state index is -0.720. The molecule has 2 amide bonds. The average Bonchev–Trinajstić information content (AvgIpc) is 3.22. The van der Waals surface area contributed by atoms with Crippen molar-refractivity contribution in [1.82, 2.24) is 5.32 Å². The molecule has 0 saturated heterocycles. The maximum atomic E-state index is 12.3. The number of fused-ring (bicyclic) bond motifs is 2. The Bertz CT molecular complexity index is 739. The van der Waals surface area contributed by atoms with E-state index in [4.69, 9.17) is 5.73 Å². The van der Waals surface area contributed by atoms with Gasteiger partial charge in [0.2, 0.25) is 11.8 Å². The van der Waals surface area contributed by atoms with Crippen molar-refractivity contribution in [2.45, 2.75) is 43.5 Å². The van der Waals surface area contributed by atoms with Gasteiger partial charge in [0.05, 0.1) is 15.6 Å². The van der Waals surface area contributed by atoms with Gasteiger partial charge in [-0.15, -0.1) is 11.8 Å². The minimum absolute atomic E-state index is 0.0791. The molecule has 0 aliphatic heterocycles. The van der Waals surface area contributed by atoms with Crippen LogP contribution in [0.4, 0.5) is 5.69 Å². The molecule has 140 valence electrons. The number of nitrogens with two attached hydrogens (primary N) is 1. The highest BCUT2D eigenvalue weighted by molar-refractivity contribution is 8.00. The molecule has 0 aromatic heterocycles. The van der Waals surface area contributed by atoms with Crippen LogP contribution >= 0.6 is 11.8 Å². The number of primary amides is 1. The molecule has 2 aliphatic carbocycles. The van der Waals surface area contributed by atoms with Crippen molar-refractivity contribution in [2.75, 3.05) is 5.75 Å². The zero-order valence-corrected chi connectivity index (χ0v) is 15.5. The Hall–Kier alpha value is -2.09. The van der Waals surface area contributed by atoms with Crippen LogP contribution in [0.3, 0.4) is 0 Å². The second-order valence-electron chi connectivity index (χ2n) is 7.29. The molecule has 2 bridgehead atoms. The van der Waals surface area contributed by atoms with Gasteiger partial charge in [-0.1, -0.05) is 6.42 Å². The number of carbonyl (C=O) groups excluding carboxylic acids is 2. The van der Waals surface area contributed by atoms with Crippen molar-refractivity contribution < 1.29 is 14.5 Å². The molecule has 1 aromatic rings. The first-order chi connectivity index (χ1) is 12.3. The Kier molecular flexibility index (Phi) is 5.50. The molecule has 2 aliphatic rings. The summed E-state index contributed by atoms with van der Waals surface area (Å²) in [6, 6.07) is 4.19. The summed E-state index contributed by atoms with van der Waals surface area (Å²) in [7, 11) is 0. The highest BCUT2D eigenvalue weighted by Gasteiger charge is 2.42. The molecular weight excluding hydrogens is 354 g/mol. The summed E-state index contributed by atoms with van der Waals surface area (Å²) in [6.07, 6.45) is 5.07. The fourth-order valence-corrected chi connectivity index (χ4v) is 5.20. The van der Waals surface area contributed by atoms with Gasteiger partial charge in [-0.2, -0.15) is 0 Å². The van der Waals surface area contributed by atoms with Crippen LogP contribution in [0.15, 0.2) is 23.1 Å². The quantitative estimate of drug-likeness (QED) is 0.431. The number of hydrogen-bond acceptors (Lipinski definition) is 5. The number of carbonyl (C=O) groups is 2. The number of amides is 2. The van der Waals surface area contributed by atoms with Crippen molar-refractivity contribution >= 4 is 29.3 Å². The van der Waals surface area contributed by atoms with Crippen LogP contribution in [0.25, 0.3) is 0 Å². The molecule has 0 radical (unpaired) electrons. The number of nitro groups is 1. The fraction of sp³-hybridized carbons (Fsp3) is 0.556. The van der Waals surface area contributed by atoms with Crippen LogP contribution < -0.4 is 11.1 Å². The van der Waals surface area contributed by atoms with Crippen LogP contribution in [-0.2, 0) is 4.79 Å². The standard InChI is InChI=1S/C18H23N3O4S/c1-10(14-7-11-2-3-12(14)6-11)20-17(22)9-26-16-5-4-13(18(19)23)8-15(16)21(24)25/h4-5,8,10-12,14H,2-3,6-7,9H2,1H3,(H2,19,23)(H,20,22). The zero-order chi connectivity index (χ0) is 18.8. The van der Waals surface area contributed by atoms with E-state index >= 15 is 0 Å². The summed E-state index contributed by atoms with van der Waals surface area (Å²) in [6.45, 7) is 2.05. The van der Waals surface area contributed by atoms with Crippen molar-refractivity contribution in [1.29, 1.82) is 0 Å². The molecule has 8 heteroatoms. The van der Waals surface area contributed by atoms with E-state index in [9.17, 15) is 19.7 Å². The fourth-order valence-electron chi connectivity index (χ4n) is 4.39. The number of benzene rings is 1. The molecule has 0 heterocycles. The molecular formula is C18H23N3O4S. The number of hydrogen-bond donors (Lipinski definition) is 2. The first kappa shape index (κ1) is 18.7. The lowest BCUT2D eigenvalue weighted by atomic mass is 9.84. The van der Waals surface area contributed by atoms with Crippen LogP contribution in [0, 0.1) is 27.9 Å². The van der Waals surface area contributed by atoms with Crippen molar-refractivity contribution in [3.05, 3.63) is 33.9 Å². The Morgan fingerprint density at radius 3 is 2.73 bits per heavy atom. The van der Waals surface area contributed by atoms with Crippen LogP contribution in [0.2, 0.25) is 0 Å². The lowest BCUT2D eigenvalue weighted by Gasteiger charge is -2.28. The van der Waals surface area contributed by atoms with Crippen molar-refractivity contribution in [2.24, 2.45) is 23.5 Å². The van der Waals surface area contributed by atoms with Gasteiger partial charge < -0.3 is 11.1 Å². The normalized spacial score (nSPS) is 25.0. The van der Waals surface area contributed by atoms with Gasteiger partial charge in [0.25, 0.3) is 5.69 Å². The van der Waals surface area contributed by atoms with Crippen molar-refractivity contribution in [3.8, 4) is 0 Å². The molecule has 7 nitrogen and oxygen atoms in total. The number of rotatable bonds is 7. The van der Waals surface area contributed by atoms with Crippen LogP contribution in [-0.4, -0.2) is 28.5 Å². The van der Waals surface area contributed by atoms with Crippen LogP contribution in [0.5, 0.6) is 0 Å². The van der Waals surface area contributed by atoms with Gasteiger partial charge in [-0.3, -0.25) is 19.7 Å². The number of thioether (sulfide) groups is 1. The Morgan fingerprint density at radius 1 is 1.38 bits per heavy atom. The van der Waals surface area contributed by atoms with E-state index in [2.05, 4.69) is 12.2 Å². The molecule has 1 aromatic carbocycles. The van der Waals surface area contributed by atoms with Gasteiger partial charge in [0, 0.05) is 17.7 Å². The maximum Gasteiger partial charge on any atom is 0.283 e. The van der Waals surface area contributed by atoms with E-state index in [1.54, 1.807) is 0 Å². The third kappa shape index (κ3) is 4.00. The Morgan fingerprint density at radius 2 is 2.15 bits per heavy atom. The molecule has 2 fully saturated rings. The summed E-state index contributed by atoms with van der Waals surface area (Å²) in [5.74, 6) is 1.35. The molecule has 4 unspecified atom stereocenters. The Labute approximate surface area is 156 Å². The zero-order valence-electron chi connectivity index (χ0n) is 14.6. The third-order valence-corrected chi connectivity index (χ3v) is 6.69. The highest BCUT2D eigenvalue weighted by atomic mass is 32.2. The summed E-state index contributed by atoms with van der Waals surface area (Å²) in [5.41, 5.74) is 5.03. The summed E-state index contributed by atoms with van der Waals surface area (Å²) >= 11 is 1.10. The lowest BCUT2D eigenvalue weighted by molar-refractivity contribution is -0.387. The van der Waals surface area contributed by atoms with E-state index < -0.39 is 10.8 Å². The first-order valence-corrected chi connectivity index (χ1v) is 9.84. The second-order valence-corrected chi connectivity index (χ2v) is 8.30. The number of nitrogens with zero attached hydrogens (tertiary/aromatic N) is 1. The van der Waals surface area contributed by atoms with E-state index in [1.807, 2.05) is 0 Å². The van der Waals surface area contributed by atoms with E-state index in [1.165, 1.54) is 37.8 Å². The van der Waals surface area contributed by atoms with Crippen LogP contribution in [0.1, 0.15) is 43.0 Å². The van der Waals surface area contributed by atoms with E-state index in [0.29, 0.717) is 10.8 Å². The first-order valence-electron chi connectivity index (χ1n) is 8.85. The SMILES string of the molecule is CC(NC(=O)CSc1ccc(C(N)=O)cc1[N+](=O)[O-])C1CC2CCC1C2. The molecule has 0 spiro atoms. The molecule has 3 N–H and O–H groups in total. The van der Waals surface area contributed by atoms with Gasteiger partial charge >= 0.3 is 0 Å². The molecule has 4 atom stereocenters. The lowest BCUT2D eigenvalue weighted by Crippen LogP contribution is -2.40. The predicted molar refractivity (Wildman–Crippen MR) is 98.9 cm³/mol.